The molecule has 1 unspecified atom stereocenters. The molecule has 2 heterocycles. The average Bonchev–Trinajstić information content (AvgIpc) is 2.73. The summed E-state index contributed by atoms with van der Waals surface area (Å²) in [5.74, 6) is -0.411. The van der Waals surface area contributed by atoms with E-state index in [0.717, 1.165) is 13.1 Å². The maximum atomic E-state index is 5.71. The van der Waals surface area contributed by atoms with Crippen LogP contribution in [0.15, 0.2) is 12.1 Å². The first-order valence-corrected chi connectivity index (χ1v) is 6.45. The van der Waals surface area contributed by atoms with Crippen molar-refractivity contribution in [2.75, 3.05) is 13.2 Å². The lowest BCUT2D eigenvalue weighted by Gasteiger charge is -2.17. The van der Waals surface area contributed by atoms with Crippen LogP contribution in [0, 0.1) is 6.92 Å². The van der Waals surface area contributed by atoms with Gasteiger partial charge in [-0.3, -0.25) is 0 Å². The van der Waals surface area contributed by atoms with Crippen molar-refractivity contribution in [3.05, 3.63) is 21.9 Å². The zero-order chi connectivity index (χ0) is 11.6. The van der Waals surface area contributed by atoms with Gasteiger partial charge < -0.3 is 14.8 Å². The molecule has 1 N–H and O–H groups in total. The minimum atomic E-state index is -0.411. The number of rotatable bonds is 4. The molecular weight excluding hydrogens is 222 g/mol. The maximum Gasteiger partial charge on any atom is 0.163 e. The Morgan fingerprint density at radius 3 is 2.88 bits per heavy atom. The number of thiophene rings is 1. The Balaban J connectivity index is 1.69. The Labute approximate surface area is 101 Å². The van der Waals surface area contributed by atoms with Crippen LogP contribution in [0.2, 0.25) is 0 Å². The molecule has 0 aliphatic carbocycles. The van der Waals surface area contributed by atoms with Crippen molar-refractivity contribution in [1.82, 2.24) is 5.32 Å². The highest BCUT2D eigenvalue weighted by Gasteiger charge is 2.32. The molecule has 1 fully saturated rings. The van der Waals surface area contributed by atoms with Crippen LogP contribution < -0.4 is 5.32 Å². The first-order chi connectivity index (χ1) is 7.55. The van der Waals surface area contributed by atoms with E-state index in [2.05, 4.69) is 24.4 Å². The third-order valence-corrected chi connectivity index (χ3v) is 3.54. The van der Waals surface area contributed by atoms with Gasteiger partial charge in [0.2, 0.25) is 0 Å². The van der Waals surface area contributed by atoms with Gasteiger partial charge in [-0.15, -0.1) is 11.3 Å². The van der Waals surface area contributed by atoms with Crippen molar-refractivity contribution in [2.24, 2.45) is 0 Å². The Morgan fingerprint density at radius 2 is 2.31 bits per heavy atom. The van der Waals surface area contributed by atoms with Gasteiger partial charge in [-0.05, 0) is 32.9 Å². The highest BCUT2D eigenvalue weighted by atomic mass is 32.1. The highest BCUT2D eigenvalue weighted by molar-refractivity contribution is 7.11. The summed E-state index contributed by atoms with van der Waals surface area (Å²) in [6.07, 6.45) is 0.177. The van der Waals surface area contributed by atoms with Gasteiger partial charge in [0, 0.05) is 22.8 Å². The predicted octanol–water partition coefficient (Wildman–Crippen LogP) is 2.30. The van der Waals surface area contributed by atoms with Gasteiger partial charge in [-0.2, -0.15) is 0 Å². The van der Waals surface area contributed by atoms with Gasteiger partial charge in [0.05, 0.1) is 12.7 Å². The summed E-state index contributed by atoms with van der Waals surface area (Å²) in [4.78, 5) is 2.73. The first kappa shape index (κ1) is 12.0. The van der Waals surface area contributed by atoms with Crippen molar-refractivity contribution < 1.29 is 9.47 Å². The summed E-state index contributed by atoms with van der Waals surface area (Å²) in [7, 11) is 0. The Kier molecular flexibility index (Phi) is 3.64. The van der Waals surface area contributed by atoms with E-state index in [4.69, 9.17) is 9.47 Å². The van der Waals surface area contributed by atoms with Gasteiger partial charge in [-0.1, -0.05) is 0 Å². The quantitative estimate of drug-likeness (QED) is 0.877. The van der Waals surface area contributed by atoms with Crippen LogP contribution in [-0.2, 0) is 16.0 Å². The minimum absolute atomic E-state index is 0.177. The number of ether oxygens (including phenoxy) is 2. The number of nitrogens with one attached hydrogen (secondary N) is 1. The van der Waals surface area contributed by atoms with Crippen molar-refractivity contribution in [3.63, 3.8) is 0 Å². The summed E-state index contributed by atoms with van der Waals surface area (Å²) in [5.41, 5.74) is 0. The van der Waals surface area contributed by atoms with E-state index in [-0.39, 0.29) is 6.10 Å². The van der Waals surface area contributed by atoms with E-state index in [1.165, 1.54) is 9.75 Å². The second-order valence-electron chi connectivity index (χ2n) is 4.59. The molecule has 16 heavy (non-hydrogen) atoms. The van der Waals surface area contributed by atoms with Crippen molar-refractivity contribution in [3.8, 4) is 0 Å². The second kappa shape index (κ2) is 4.84. The summed E-state index contributed by atoms with van der Waals surface area (Å²) in [6, 6.07) is 4.32. The SMILES string of the molecule is Cc1ccc(CNCC2COC(C)(C)O2)s1. The molecule has 0 aromatic carbocycles. The Bertz CT molecular complexity index is 349. The lowest BCUT2D eigenvalue weighted by Crippen LogP contribution is -2.30. The molecular formula is C12H19NO2S. The molecule has 4 heteroatoms. The van der Waals surface area contributed by atoms with Crippen molar-refractivity contribution in [2.45, 2.75) is 39.2 Å². The molecule has 0 bridgehead atoms. The molecule has 0 radical (unpaired) electrons. The van der Waals surface area contributed by atoms with E-state index in [9.17, 15) is 0 Å². The van der Waals surface area contributed by atoms with Crippen molar-refractivity contribution >= 4 is 11.3 Å². The predicted molar refractivity (Wildman–Crippen MR) is 65.7 cm³/mol. The van der Waals surface area contributed by atoms with E-state index in [1.54, 1.807) is 0 Å². The van der Waals surface area contributed by atoms with Gasteiger partial charge in [-0.25, -0.2) is 0 Å². The standard InChI is InChI=1S/C12H19NO2S/c1-9-4-5-11(16-9)7-13-6-10-8-14-12(2,3)15-10/h4-5,10,13H,6-8H2,1-3H3. The molecule has 1 aliphatic heterocycles. The second-order valence-corrected chi connectivity index (χ2v) is 5.97. The van der Waals surface area contributed by atoms with Crippen LogP contribution in [0.3, 0.4) is 0 Å². The molecule has 1 aromatic heterocycles. The average molecular weight is 241 g/mol. The fourth-order valence-corrected chi connectivity index (χ4v) is 2.66. The molecule has 1 aromatic rings. The summed E-state index contributed by atoms with van der Waals surface area (Å²) in [6.45, 7) is 8.48. The minimum Gasteiger partial charge on any atom is -0.348 e. The molecule has 0 saturated carbocycles. The van der Waals surface area contributed by atoms with Crippen LogP contribution >= 0.6 is 11.3 Å². The van der Waals surface area contributed by atoms with Crippen LogP contribution in [-0.4, -0.2) is 25.0 Å². The Morgan fingerprint density at radius 1 is 1.50 bits per heavy atom. The summed E-state index contributed by atoms with van der Waals surface area (Å²) < 4.78 is 11.2. The number of hydrogen-bond acceptors (Lipinski definition) is 4. The first-order valence-electron chi connectivity index (χ1n) is 5.63. The maximum absolute atomic E-state index is 5.71. The molecule has 0 spiro atoms. The Hall–Kier alpha value is -0.420. The van der Waals surface area contributed by atoms with Gasteiger partial charge in [0.25, 0.3) is 0 Å². The summed E-state index contributed by atoms with van der Waals surface area (Å²) >= 11 is 1.84. The molecule has 1 atom stereocenters. The lowest BCUT2D eigenvalue weighted by molar-refractivity contribution is -0.137. The van der Waals surface area contributed by atoms with E-state index < -0.39 is 5.79 Å². The van der Waals surface area contributed by atoms with Crippen LogP contribution in [0.4, 0.5) is 0 Å². The zero-order valence-corrected chi connectivity index (χ0v) is 10.9. The van der Waals surface area contributed by atoms with Crippen molar-refractivity contribution in [1.29, 1.82) is 0 Å². The van der Waals surface area contributed by atoms with Crippen LogP contribution in [0.25, 0.3) is 0 Å². The molecule has 1 aliphatic rings. The van der Waals surface area contributed by atoms with Crippen LogP contribution in [0.5, 0.6) is 0 Å². The lowest BCUT2D eigenvalue weighted by atomic mass is 10.3. The molecule has 0 amide bonds. The van der Waals surface area contributed by atoms with Crippen LogP contribution in [0.1, 0.15) is 23.6 Å². The van der Waals surface area contributed by atoms with Gasteiger partial charge >= 0.3 is 0 Å². The summed E-state index contributed by atoms with van der Waals surface area (Å²) in [5, 5.41) is 3.40. The topological polar surface area (TPSA) is 30.5 Å². The van der Waals surface area contributed by atoms with E-state index in [1.807, 2.05) is 25.2 Å². The molecule has 2 rings (SSSR count). The molecule has 3 nitrogen and oxygen atoms in total. The monoisotopic (exact) mass is 241 g/mol. The largest absolute Gasteiger partial charge is 0.348 e. The zero-order valence-electron chi connectivity index (χ0n) is 10.1. The molecule has 1 saturated heterocycles. The third kappa shape index (κ3) is 3.28. The number of hydrogen-bond donors (Lipinski definition) is 1. The smallest absolute Gasteiger partial charge is 0.163 e. The van der Waals surface area contributed by atoms with Gasteiger partial charge in [0.1, 0.15) is 0 Å². The van der Waals surface area contributed by atoms with Gasteiger partial charge in [0.15, 0.2) is 5.79 Å². The highest BCUT2D eigenvalue weighted by Crippen LogP contribution is 2.22. The number of aryl methyl sites for hydroxylation is 1. The fraction of sp³-hybridized carbons (Fsp3) is 0.667. The fourth-order valence-electron chi connectivity index (χ4n) is 1.80. The third-order valence-electron chi connectivity index (χ3n) is 2.53. The molecule has 90 valence electrons. The normalized spacial score (nSPS) is 23.8. The van der Waals surface area contributed by atoms with E-state index >= 15 is 0 Å². The van der Waals surface area contributed by atoms with E-state index in [0.29, 0.717) is 6.61 Å².